The second-order valence-electron chi connectivity index (χ2n) is 5.04. The Morgan fingerprint density at radius 2 is 1.96 bits per heavy atom. The second kappa shape index (κ2) is 6.73. The van der Waals surface area contributed by atoms with Crippen LogP contribution in [0.1, 0.15) is 33.4 Å². The minimum absolute atomic E-state index is 0.314. The molecule has 10 nitrogen and oxygen atoms in total. The van der Waals surface area contributed by atoms with Crippen molar-refractivity contribution in [2.45, 2.75) is 51.7 Å². The van der Waals surface area contributed by atoms with Crippen LogP contribution >= 0.6 is 0 Å². The van der Waals surface area contributed by atoms with E-state index in [1.165, 1.54) is 20.2 Å². The highest BCUT2D eigenvalue weighted by Gasteiger charge is 2.52. The molecule has 0 aliphatic carbocycles. The summed E-state index contributed by atoms with van der Waals surface area (Å²) in [5, 5.41) is 11.1. The van der Waals surface area contributed by atoms with Gasteiger partial charge in [-0.3, -0.25) is 9.59 Å². The van der Waals surface area contributed by atoms with E-state index in [0.717, 1.165) is 10.8 Å². The molecule has 10 heteroatoms. The molecule has 1 aromatic heterocycles. The summed E-state index contributed by atoms with van der Waals surface area (Å²) in [6, 6.07) is 0. The number of imidazole rings is 1. The van der Waals surface area contributed by atoms with E-state index in [4.69, 9.17) is 14.2 Å². The molecular formula is C13H17N3O7. The standard InChI is InChI=1S/C13H17N3O7/c1-4-9-11(21-7(2)17)12(22-8(3)18)13(23-9)15-6-14-5-10(15)16(19)20/h5-6,9,11-13H,4H2,1-3H3. The Balaban J connectivity index is 2.39. The van der Waals surface area contributed by atoms with Crippen LogP contribution in [-0.4, -0.2) is 44.7 Å². The zero-order chi connectivity index (χ0) is 17.1. The molecule has 1 saturated heterocycles. The fraction of sp³-hybridized carbons (Fsp3) is 0.615. The lowest BCUT2D eigenvalue weighted by Crippen LogP contribution is -2.38. The van der Waals surface area contributed by atoms with E-state index in [-0.39, 0.29) is 5.82 Å². The van der Waals surface area contributed by atoms with Gasteiger partial charge < -0.3 is 24.3 Å². The first-order valence-corrected chi connectivity index (χ1v) is 7.01. The molecule has 1 fully saturated rings. The van der Waals surface area contributed by atoms with Gasteiger partial charge in [0, 0.05) is 13.8 Å². The van der Waals surface area contributed by atoms with Crippen molar-refractivity contribution in [2.24, 2.45) is 0 Å². The summed E-state index contributed by atoms with van der Waals surface area (Å²) in [5.41, 5.74) is 0. The molecule has 0 aromatic carbocycles. The topological polar surface area (TPSA) is 123 Å². The largest absolute Gasteiger partial charge is 0.456 e. The molecule has 1 aliphatic heterocycles. The summed E-state index contributed by atoms with van der Waals surface area (Å²) in [4.78, 5) is 36.9. The number of hydrogen-bond acceptors (Lipinski definition) is 8. The highest BCUT2D eigenvalue weighted by molar-refractivity contribution is 5.67. The molecular weight excluding hydrogens is 310 g/mol. The summed E-state index contributed by atoms with van der Waals surface area (Å²) in [6.07, 6.45) is -0.681. The number of hydrogen-bond donors (Lipinski definition) is 0. The maximum Gasteiger partial charge on any atom is 0.344 e. The van der Waals surface area contributed by atoms with E-state index in [1.807, 2.05) is 0 Å². The van der Waals surface area contributed by atoms with Crippen LogP contribution in [0.4, 0.5) is 5.82 Å². The minimum Gasteiger partial charge on any atom is -0.456 e. The summed E-state index contributed by atoms with van der Waals surface area (Å²) >= 11 is 0. The van der Waals surface area contributed by atoms with Gasteiger partial charge in [-0.05, 0) is 11.3 Å². The Hall–Kier alpha value is -2.49. The molecule has 0 spiro atoms. The van der Waals surface area contributed by atoms with Crippen LogP contribution in [0, 0.1) is 10.1 Å². The molecule has 0 amide bonds. The van der Waals surface area contributed by atoms with Gasteiger partial charge in [-0.25, -0.2) is 4.98 Å². The number of nitro groups is 1. The number of aromatic nitrogens is 2. The second-order valence-corrected chi connectivity index (χ2v) is 5.04. The SMILES string of the molecule is CCC1OC(n2cncc2[N+](=O)[O-])C(OC(C)=O)C1OC(C)=O. The summed E-state index contributed by atoms with van der Waals surface area (Å²) in [7, 11) is 0. The molecule has 2 rings (SSSR count). The van der Waals surface area contributed by atoms with Crippen LogP contribution in [0.3, 0.4) is 0 Å². The number of ether oxygens (including phenoxy) is 3. The monoisotopic (exact) mass is 327 g/mol. The highest BCUT2D eigenvalue weighted by atomic mass is 16.7. The molecule has 4 unspecified atom stereocenters. The lowest BCUT2D eigenvalue weighted by atomic mass is 10.1. The smallest absolute Gasteiger partial charge is 0.344 e. The Kier molecular flexibility index (Phi) is 4.94. The Labute approximate surface area is 131 Å². The van der Waals surface area contributed by atoms with Crippen LogP contribution in [0.2, 0.25) is 0 Å². The third kappa shape index (κ3) is 3.47. The van der Waals surface area contributed by atoms with Crippen molar-refractivity contribution >= 4 is 17.8 Å². The predicted molar refractivity (Wildman–Crippen MR) is 74.2 cm³/mol. The third-order valence-corrected chi connectivity index (χ3v) is 3.40. The maximum absolute atomic E-state index is 11.4. The molecule has 1 aromatic rings. The van der Waals surface area contributed by atoms with Gasteiger partial charge in [0.2, 0.25) is 12.3 Å². The summed E-state index contributed by atoms with van der Waals surface area (Å²) in [5.74, 6) is -1.49. The maximum atomic E-state index is 11.4. The van der Waals surface area contributed by atoms with Crippen molar-refractivity contribution in [3.63, 3.8) is 0 Å². The zero-order valence-electron chi connectivity index (χ0n) is 12.9. The Morgan fingerprint density at radius 3 is 2.48 bits per heavy atom. The molecule has 126 valence electrons. The molecule has 0 bridgehead atoms. The number of esters is 2. The van der Waals surface area contributed by atoms with Crippen molar-refractivity contribution in [3.8, 4) is 0 Å². The number of carbonyl (C=O) groups excluding carboxylic acids is 2. The van der Waals surface area contributed by atoms with Crippen LogP contribution in [0.15, 0.2) is 12.5 Å². The predicted octanol–water partition coefficient (Wildman–Crippen LogP) is 0.962. The lowest BCUT2D eigenvalue weighted by molar-refractivity contribution is -0.394. The van der Waals surface area contributed by atoms with Crippen molar-refractivity contribution in [3.05, 3.63) is 22.6 Å². The van der Waals surface area contributed by atoms with E-state index in [1.54, 1.807) is 6.92 Å². The van der Waals surface area contributed by atoms with E-state index < -0.39 is 41.4 Å². The normalized spacial score (nSPS) is 26.7. The molecule has 1 aliphatic rings. The van der Waals surface area contributed by atoms with Crippen LogP contribution < -0.4 is 0 Å². The van der Waals surface area contributed by atoms with E-state index in [2.05, 4.69) is 4.98 Å². The Bertz CT molecular complexity index is 614. The fourth-order valence-electron chi connectivity index (χ4n) is 2.55. The van der Waals surface area contributed by atoms with Crippen LogP contribution in [0.25, 0.3) is 0 Å². The molecule has 2 heterocycles. The van der Waals surface area contributed by atoms with Crippen molar-refractivity contribution in [1.82, 2.24) is 9.55 Å². The molecule has 0 saturated carbocycles. The van der Waals surface area contributed by atoms with Gasteiger partial charge in [-0.2, -0.15) is 4.57 Å². The zero-order valence-corrected chi connectivity index (χ0v) is 12.9. The first-order chi connectivity index (χ1) is 10.8. The molecule has 0 radical (unpaired) electrons. The molecule has 0 N–H and O–H groups in total. The number of carbonyl (C=O) groups is 2. The minimum atomic E-state index is -1.01. The average molecular weight is 327 g/mol. The van der Waals surface area contributed by atoms with Gasteiger partial charge >= 0.3 is 17.8 Å². The third-order valence-electron chi connectivity index (χ3n) is 3.40. The highest BCUT2D eigenvalue weighted by Crippen LogP contribution is 2.37. The number of rotatable bonds is 5. The lowest BCUT2D eigenvalue weighted by Gasteiger charge is -2.21. The van der Waals surface area contributed by atoms with Crippen molar-refractivity contribution in [2.75, 3.05) is 0 Å². The van der Waals surface area contributed by atoms with E-state index >= 15 is 0 Å². The van der Waals surface area contributed by atoms with Crippen molar-refractivity contribution in [1.29, 1.82) is 0 Å². The van der Waals surface area contributed by atoms with Gasteiger partial charge in [0.1, 0.15) is 12.3 Å². The quantitative estimate of drug-likeness (QED) is 0.445. The fourth-order valence-corrected chi connectivity index (χ4v) is 2.55. The van der Waals surface area contributed by atoms with E-state index in [9.17, 15) is 19.7 Å². The summed E-state index contributed by atoms with van der Waals surface area (Å²) in [6.45, 7) is 4.23. The number of nitrogens with zero attached hydrogens (tertiary/aromatic N) is 3. The van der Waals surface area contributed by atoms with Crippen LogP contribution in [0.5, 0.6) is 0 Å². The first-order valence-electron chi connectivity index (χ1n) is 7.01. The van der Waals surface area contributed by atoms with Gasteiger partial charge in [0.05, 0.1) is 0 Å². The first kappa shape index (κ1) is 16.9. The van der Waals surface area contributed by atoms with Gasteiger partial charge in [0.15, 0.2) is 12.4 Å². The van der Waals surface area contributed by atoms with Gasteiger partial charge in [-0.1, -0.05) is 6.92 Å². The van der Waals surface area contributed by atoms with E-state index in [0.29, 0.717) is 6.42 Å². The Morgan fingerprint density at radius 1 is 1.35 bits per heavy atom. The van der Waals surface area contributed by atoms with Crippen LogP contribution in [-0.2, 0) is 23.8 Å². The average Bonchev–Trinajstić information content (AvgIpc) is 3.04. The molecule has 4 atom stereocenters. The van der Waals surface area contributed by atoms with Crippen molar-refractivity contribution < 1.29 is 28.7 Å². The van der Waals surface area contributed by atoms with Gasteiger partial charge in [0.25, 0.3) is 0 Å². The van der Waals surface area contributed by atoms with Gasteiger partial charge in [-0.15, -0.1) is 0 Å². The molecule has 23 heavy (non-hydrogen) atoms. The summed E-state index contributed by atoms with van der Waals surface area (Å²) < 4.78 is 17.3.